The second-order valence-electron chi connectivity index (χ2n) is 2.59. The molecule has 1 aliphatic heterocycles. The molecule has 1 heterocycles. The summed E-state index contributed by atoms with van der Waals surface area (Å²) in [5.74, 6) is 1.00. The summed E-state index contributed by atoms with van der Waals surface area (Å²) in [6, 6.07) is 0. The van der Waals surface area contributed by atoms with Crippen molar-refractivity contribution >= 4 is 34.4 Å². The summed E-state index contributed by atoms with van der Waals surface area (Å²) in [7, 11) is 0. The molecule has 0 radical (unpaired) electrons. The van der Waals surface area contributed by atoms with E-state index in [0.717, 1.165) is 24.3 Å². The molecule has 4 heteroatoms. The van der Waals surface area contributed by atoms with Gasteiger partial charge in [0.1, 0.15) is 5.37 Å². The molecular weight excluding hydrogens is 190 g/mol. The predicted molar refractivity (Wildman–Crippen MR) is 57.1 cm³/mol. The first-order chi connectivity index (χ1) is 5.77. The van der Waals surface area contributed by atoms with Crippen LogP contribution < -0.4 is 0 Å². The van der Waals surface area contributed by atoms with Crippen LogP contribution in [0.3, 0.4) is 0 Å². The van der Waals surface area contributed by atoms with E-state index in [4.69, 9.17) is 0 Å². The average molecular weight is 203 g/mol. The van der Waals surface area contributed by atoms with Crippen LogP contribution in [0.2, 0.25) is 0 Å². The minimum Gasteiger partial charge on any atom is -0.280 e. The number of hydrogen-bond acceptors (Lipinski definition) is 4. The second-order valence-corrected chi connectivity index (χ2v) is 4.72. The Labute approximate surface area is 81.6 Å². The van der Waals surface area contributed by atoms with Crippen molar-refractivity contribution in [2.24, 2.45) is 4.99 Å². The molecule has 0 saturated heterocycles. The molecule has 0 spiro atoms. The highest BCUT2D eigenvalue weighted by molar-refractivity contribution is 8.16. The van der Waals surface area contributed by atoms with Gasteiger partial charge >= 0.3 is 0 Å². The van der Waals surface area contributed by atoms with Crippen LogP contribution in [-0.2, 0) is 4.79 Å². The molecule has 1 atom stereocenters. The van der Waals surface area contributed by atoms with E-state index in [1.54, 1.807) is 11.8 Å². The van der Waals surface area contributed by atoms with Crippen LogP contribution in [0.4, 0.5) is 0 Å². The summed E-state index contributed by atoms with van der Waals surface area (Å²) < 4.78 is 0. The van der Waals surface area contributed by atoms with Gasteiger partial charge < -0.3 is 0 Å². The molecule has 1 aliphatic rings. The minimum atomic E-state index is 0.191. The van der Waals surface area contributed by atoms with Crippen molar-refractivity contribution in [3.8, 4) is 0 Å². The van der Waals surface area contributed by atoms with Crippen molar-refractivity contribution in [2.45, 2.75) is 25.1 Å². The van der Waals surface area contributed by atoms with Crippen molar-refractivity contribution in [1.29, 1.82) is 0 Å². The molecule has 0 N–H and O–H groups in total. The van der Waals surface area contributed by atoms with Crippen LogP contribution in [0.25, 0.3) is 0 Å². The van der Waals surface area contributed by atoms with Crippen LogP contribution >= 0.6 is 23.5 Å². The number of nitrogens with zero attached hydrogens (tertiary/aromatic N) is 1. The van der Waals surface area contributed by atoms with E-state index in [2.05, 4.69) is 11.9 Å². The molecular formula is C8H13NOS2. The Morgan fingerprint density at radius 3 is 2.92 bits per heavy atom. The average Bonchev–Trinajstić information content (AvgIpc) is 2.43. The monoisotopic (exact) mass is 203 g/mol. The Morgan fingerprint density at radius 1 is 1.67 bits per heavy atom. The fourth-order valence-electron chi connectivity index (χ4n) is 0.984. The van der Waals surface area contributed by atoms with Gasteiger partial charge in [0.2, 0.25) is 5.12 Å². The zero-order valence-corrected chi connectivity index (χ0v) is 9.00. The van der Waals surface area contributed by atoms with Gasteiger partial charge in [-0.05, 0) is 18.4 Å². The molecule has 0 fully saturated rings. The fraction of sp³-hybridized carbons (Fsp3) is 0.750. The van der Waals surface area contributed by atoms with Crippen LogP contribution in [0, 0.1) is 0 Å². The van der Waals surface area contributed by atoms with E-state index in [1.165, 1.54) is 11.8 Å². The SMILES string of the molecule is CC[C@H]1N=C(CCSC)C(=O)S1. The van der Waals surface area contributed by atoms with Crippen molar-refractivity contribution in [2.75, 3.05) is 12.0 Å². The van der Waals surface area contributed by atoms with Crippen LogP contribution in [0.1, 0.15) is 19.8 Å². The lowest BCUT2D eigenvalue weighted by Gasteiger charge is -1.95. The van der Waals surface area contributed by atoms with Crippen molar-refractivity contribution in [1.82, 2.24) is 0 Å². The van der Waals surface area contributed by atoms with Gasteiger partial charge in [0.05, 0.1) is 5.71 Å². The van der Waals surface area contributed by atoms with Crippen molar-refractivity contribution in [3.63, 3.8) is 0 Å². The van der Waals surface area contributed by atoms with Gasteiger partial charge in [-0.2, -0.15) is 11.8 Å². The molecule has 0 unspecified atom stereocenters. The third kappa shape index (κ3) is 2.52. The molecule has 68 valence electrons. The molecule has 1 rings (SSSR count). The Balaban J connectivity index is 2.45. The quantitative estimate of drug-likeness (QED) is 0.701. The van der Waals surface area contributed by atoms with Crippen LogP contribution in [0.15, 0.2) is 4.99 Å². The lowest BCUT2D eigenvalue weighted by molar-refractivity contribution is -0.105. The Bertz CT molecular complexity index is 203. The molecule has 0 amide bonds. The first-order valence-corrected chi connectivity index (χ1v) is 6.32. The highest BCUT2D eigenvalue weighted by Crippen LogP contribution is 2.25. The number of hydrogen-bond donors (Lipinski definition) is 0. The molecule has 0 aromatic carbocycles. The summed E-state index contributed by atoms with van der Waals surface area (Å²) in [4.78, 5) is 15.6. The minimum absolute atomic E-state index is 0.191. The lowest BCUT2D eigenvalue weighted by atomic mass is 10.3. The van der Waals surface area contributed by atoms with E-state index in [1.807, 2.05) is 6.26 Å². The number of aliphatic imine (C=N–C) groups is 1. The normalized spacial score (nSPS) is 23.0. The number of carbonyl (C=O) groups excluding carboxylic acids is 1. The van der Waals surface area contributed by atoms with E-state index < -0.39 is 0 Å². The van der Waals surface area contributed by atoms with E-state index in [-0.39, 0.29) is 10.5 Å². The summed E-state index contributed by atoms with van der Waals surface area (Å²) in [5.41, 5.74) is 0.793. The van der Waals surface area contributed by atoms with Gasteiger partial charge in [0.25, 0.3) is 0 Å². The van der Waals surface area contributed by atoms with Gasteiger partial charge in [-0.1, -0.05) is 18.7 Å². The van der Waals surface area contributed by atoms with E-state index >= 15 is 0 Å². The van der Waals surface area contributed by atoms with Crippen LogP contribution in [-0.4, -0.2) is 28.2 Å². The van der Waals surface area contributed by atoms with E-state index in [0.29, 0.717) is 0 Å². The Hall–Kier alpha value is 0.0400. The largest absolute Gasteiger partial charge is 0.280 e. The van der Waals surface area contributed by atoms with Gasteiger partial charge in [-0.25, -0.2) is 0 Å². The molecule has 0 saturated carbocycles. The maximum Gasteiger partial charge on any atom is 0.235 e. The zero-order valence-electron chi connectivity index (χ0n) is 7.37. The molecule has 0 aromatic heterocycles. The standard InChI is InChI=1S/C8H13NOS2/c1-3-7-9-6(4-5-11-2)8(10)12-7/h7H,3-5H2,1-2H3/t7-/m0/s1. The predicted octanol–water partition coefficient (Wildman–Crippen LogP) is 2.19. The Morgan fingerprint density at radius 2 is 2.42 bits per heavy atom. The second kappa shape index (κ2) is 4.92. The summed E-state index contributed by atoms with van der Waals surface area (Å²) in [5, 5.41) is 0.394. The first-order valence-electron chi connectivity index (χ1n) is 4.04. The molecule has 0 aromatic rings. The number of thioether (sulfide) groups is 2. The van der Waals surface area contributed by atoms with Crippen LogP contribution in [0.5, 0.6) is 0 Å². The first kappa shape index (κ1) is 10.1. The molecule has 12 heavy (non-hydrogen) atoms. The fourth-order valence-corrected chi connectivity index (χ4v) is 2.27. The molecule has 0 bridgehead atoms. The maximum atomic E-state index is 11.3. The van der Waals surface area contributed by atoms with Gasteiger partial charge in [0.15, 0.2) is 0 Å². The zero-order chi connectivity index (χ0) is 8.97. The Kier molecular flexibility index (Phi) is 4.15. The highest BCUT2D eigenvalue weighted by atomic mass is 32.2. The molecule has 2 nitrogen and oxygen atoms in total. The maximum absolute atomic E-state index is 11.3. The van der Waals surface area contributed by atoms with Gasteiger partial charge in [-0.3, -0.25) is 9.79 Å². The number of carbonyl (C=O) groups is 1. The summed E-state index contributed by atoms with van der Waals surface area (Å²) in [6.07, 6.45) is 3.84. The summed E-state index contributed by atoms with van der Waals surface area (Å²) >= 11 is 3.13. The lowest BCUT2D eigenvalue weighted by Crippen LogP contribution is -2.05. The smallest absolute Gasteiger partial charge is 0.235 e. The third-order valence-electron chi connectivity index (χ3n) is 1.67. The third-order valence-corrected chi connectivity index (χ3v) is 3.44. The van der Waals surface area contributed by atoms with Crippen molar-refractivity contribution in [3.05, 3.63) is 0 Å². The van der Waals surface area contributed by atoms with Gasteiger partial charge in [-0.15, -0.1) is 0 Å². The topological polar surface area (TPSA) is 29.4 Å². The van der Waals surface area contributed by atoms with E-state index in [9.17, 15) is 4.79 Å². The van der Waals surface area contributed by atoms with Gasteiger partial charge in [0, 0.05) is 6.42 Å². The number of rotatable bonds is 4. The summed E-state index contributed by atoms with van der Waals surface area (Å²) in [6.45, 7) is 2.06. The highest BCUT2D eigenvalue weighted by Gasteiger charge is 2.24. The molecule has 0 aliphatic carbocycles. The van der Waals surface area contributed by atoms with Crippen molar-refractivity contribution < 1.29 is 4.79 Å².